The predicted molar refractivity (Wildman–Crippen MR) is 64.0 cm³/mol. The summed E-state index contributed by atoms with van der Waals surface area (Å²) in [6.07, 6.45) is 0.134. The Morgan fingerprint density at radius 3 is 2.07 bits per heavy atom. The Morgan fingerprint density at radius 1 is 1.07 bits per heavy atom. The molecule has 0 spiro atoms. The van der Waals surface area contributed by atoms with Crippen LogP contribution in [0, 0.1) is 0 Å². The second-order valence-corrected chi connectivity index (χ2v) is 4.12. The van der Waals surface area contributed by atoms with Crippen molar-refractivity contribution in [3.05, 3.63) is 35.4 Å². The molecule has 2 N–H and O–H groups in total. The highest BCUT2D eigenvalue weighted by Gasteiger charge is 2.05. The Kier molecular flexibility index (Phi) is 4.79. The highest BCUT2D eigenvalue weighted by atomic mass is 16.5. The summed E-state index contributed by atoms with van der Waals surface area (Å²) in [5.41, 5.74) is 7.97. The van der Waals surface area contributed by atoms with E-state index in [1.54, 1.807) is 0 Å². The first kappa shape index (κ1) is 12.2. The normalized spacial score (nSPS) is 13.1. The van der Waals surface area contributed by atoms with Gasteiger partial charge in [-0.3, -0.25) is 0 Å². The first-order valence-electron chi connectivity index (χ1n) is 5.56. The molecule has 0 aliphatic carbocycles. The minimum absolute atomic E-state index is 0.134. The third-order valence-electron chi connectivity index (χ3n) is 2.56. The van der Waals surface area contributed by atoms with Crippen LogP contribution in [0.5, 0.6) is 0 Å². The fourth-order valence-corrected chi connectivity index (χ4v) is 1.49. The largest absolute Gasteiger partial charge is 0.373 e. The lowest BCUT2D eigenvalue weighted by molar-refractivity contribution is 0.0718. The lowest BCUT2D eigenvalue weighted by Gasteiger charge is -2.14. The Balaban J connectivity index is 2.62. The standard InChI is InChI=1S/C13H21NO/c1-10(2)12-4-6-13(7-5-12)11(3)15-9-8-14/h4-7,10-11H,8-9,14H2,1-3H3/t11-/m0/s1. The maximum Gasteiger partial charge on any atom is 0.0797 e. The van der Waals surface area contributed by atoms with Gasteiger partial charge in [-0.2, -0.15) is 0 Å². The van der Waals surface area contributed by atoms with E-state index in [2.05, 4.69) is 45.0 Å². The highest BCUT2D eigenvalue weighted by molar-refractivity contribution is 5.25. The van der Waals surface area contributed by atoms with E-state index in [-0.39, 0.29) is 6.10 Å². The topological polar surface area (TPSA) is 35.2 Å². The van der Waals surface area contributed by atoms with E-state index in [4.69, 9.17) is 10.5 Å². The van der Waals surface area contributed by atoms with Crippen molar-refractivity contribution in [1.29, 1.82) is 0 Å². The number of ether oxygens (including phenoxy) is 1. The molecule has 0 saturated heterocycles. The summed E-state index contributed by atoms with van der Waals surface area (Å²) >= 11 is 0. The van der Waals surface area contributed by atoms with Gasteiger partial charge in [0.15, 0.2) is 0 Å². The zero-order valence-corrected chi connectivity index (χ0v) is 9.86. The van der Waals surface area contributed by atoms with Crippen molar-refractivity contribution in [3.8, 4) is 0 Å². The molecule has 1 rings (SSSR count). The van der Waals surface area contributed by atoms with Crippen LogP contribution in [0.3, 0.4) is 0 Å². The first-order chi connectivity index (χ1) is 7.15. The summed E-state index contributed by atoms with van der Waals surface area (Å²) in [5, 5.41) is 0. The molecule has 15 heavy (non-hydrogen) atoms. The molecule has 0 unspecified atom stereocenters. The number of nitrogens with two attached hydrogens (primary N) is 1. The minimum atomic E-state index is 0.134. The minimum Gasteiger partial charge on any atom is -0.373 e. The number of benzene rings is 1. The van der Waals surface area contributed by atoms with Crippen molar-refractivity contribution in [2.24, 2.45) is 5.73 Å². The van der Waals surface area contributed by atoms with Gasteiger partial charge in [-0.1, -0.05) is 38.1 Å². The van der Waals surface area contributed by atoms with Gasteiger partial charge in [0, 0.05) is 6.54 Å². The predicted octanol–water partition coefficient (Wildman–Crippen LogP) is 2.85. The first-order valence-corrected chi connectivity index (χ1v) is 5.56. The van der Waals surface area contributed by atoms with E-state index in [0.717, 1.165) is 0 Å². The van der Waals surface area contributed by atoms with Gasteiger partial charge in [-0.25, -0.2) is 0 Å². The van der Waals surface area contributed by atoms with E-state index in [1.807, 2.05) is 0 Å². The van der Waals surface area contributed by atoms with E-state index < -0.39 is 0 Å². The second kappa shape index (κ2) is 5.89. The van der Waals surface area contributed by atoms with Crippen molar-refractivity contribution in [1.82, 2.24) is 0 Å². The van der Waals surface area contributed by atoms with E-state index in [0.29, 0.717) is 19.1 Å². The maximum absolute atomic E-state index is 5.55. The average Bonchev–Trinajstić information content (AvgIpc) is 2.26. The summed E-state index contributed by atoms with van der Waals surface area (Å²) in [6.45, 7) is 7.65. The summed E-state index contributed by atoms with van der Waals surface area (Å²) in [7, 11) is 0. The van der Waals surface area contributed by atoms with E-state index in [9.17, 15) is 0 Å². The van der Waals surface area contributed by atoms with Gasteiger partial charge in [0.25, 0.3) is 0 Å². The average molecular weight is 207 g/mol. The molecule has 2 heteroatoms. The molecule has 0 fully saturated rings. The summed E-state index contributed by atoms with van der Waals surface area (Å²) in [6, 6.07) is 8.61. The van der Waals surface area contributed by atoms with Gasteiger partial charge in [0.1, 0.15) is 0 Å². The molecular weight excluding hydrogens is 186 g/mol. The second-order valence-electron chi connectivity index (χ2n) is 4.12. The van der Waals surface area contributed by atoms with Crippen LogP contribution in [0.25, 0.3) is 0 Å². The van der Waals surface area contributed by atoms with E-state index >= 15 is 0 Å². The molecular formula is C13H21NO. The van der Waals surface area contributed by atoms with Crippen molar-refractivity contribution in [2.75, 3.05) is 13.2 Å². The quantitative estimate of drug-likeness (QED) is 0.805. The molecule has 0 bridgehead atoms. The van der Waals surface area contributed by atoms with E-state index in [1.165, 1.54) is 11.1 Å². The van der Waals surface area contributed by atoms with Crippen molar-refractivity contribution in [3.63, 3.8) is 0 Å². The van der Waals surface area contributed by atoms with Crippen molar-refractivity contribution >= 4 is 0 Å². The third-order valence-corrected chi connectivity index (χ3v) is 2.56. The molecule has 2 nitrogen and oxygen atoms in total. The van der Waals surface area contributed by atoms with Crippen LogP contribution < -0.4 is 5.73 Å². The molecule has 1 aromatic rings. The van der Waals surface area contributed by atoms with Gasteiger partial charge in [-0.15, -0.1) is 0 Å². The van der Waals surface area contributed by atoms with Crippen LogP contribution in [0.4, 0.5) is 0 Å². The molecule has 1 aromatic carbocycles. The molecule has 1 atom stereocenters. The van der Waals surface area contributed by atoms with Gasteiger partial charge in [0.2, 0.25) is 0 Å². The molecule has 0 amide bonds. The lowest BCUT2D eigenvalue weighted by Crippen LogP contribution is -2.10. The van der Waals surface area contributed by atoms with Crippen molar-refractivity contribution < 1.29 is 4.74 Å². The number of hydrogen-bond donors (Lipinski definition) is 1. The lowest BCUT2D eigenvalue weighted by atomic mass is 10.0. The Hall–Kier alpha value is -0.860. The van der Waals surface area contributed by atoms with Crippen molar-refractivity contribution in [2.45, 2.75) is 32.8 Å². The van der Waals surface area contributed by atoms with Gasteiger partial charge in [0.05, 0.1) is 12.7 Å². The van der Waals surface area contributed by atoms with Crippen LogP contribution in [0.15, 0.2) is 24.3 Å². The fraction of sp³-hybridized carbons (Fsp3) is 0.538. The number of rotatable bonds is 5. The molecule has 84 valence electrons. The maximum atomic E-state index is 5.55. The molecule has 0 radical (unpaired) electrons. The molecule has 0 aliphatic heterocycles. The van der Waals surface area contributed by atoms with Crippen LogP contribution in [0.1, 0.15) is 43.9 Å². The van der Waals surface area contributed by atoms with Crippen LogP contribution >= 0.6 is 0 Å². The summed E-state index contributed by atoms with van der Waals surface area (Å²) in [5.74, 6) is 0.583. The number of hydrogen-bond acceptors (Lipinski definition) is 2. The monoisotopic (exact) mass is 207 g/mol. The van der Waals surface area contributed by atoms with Gasteiger partial charge in [-0.05, 0) is 24.0 Å². The van der Waals surface area contributed by atoms with Gasteiger partial charge >= 0.3 is 0 Å². The Labute approximate surface area is 92.4 Å². The fourth-order valence-electron chi connectivity index (χ4n) is 1.49. The Bertz CT molecular complexity index is 279. The van der Waals surface area contributed by atoms with Gasteiger partial charge < -0.3 is 10.5 Å². The molecule has 0 aromatic heterocycles. The Morgan fingerprint density at radius 2 is 1.60 bits per heavy atom. The summed E-state index contributed by atoms with van der Waals surface area (Å²) in [4.78, 5) is 0. The smallest absolute Gasteiger partial charge is 0.0797 e. The molecule has 0 saturated carbocycles. The molecule has 0 heterocycles. The zero-order chi connectivity index (χ0) is 11.3. The van der Waals surface area contributed by atoms with Crippen LogP contribution in [0.2, 0.25) is 0 Å². The third kappa shape index (κ3) is 3.65. The van der Waals surface area contributed by atoms with Crippen LogP contribution in [-0.4, -0.2) is 13.2 Å². The highest BCUT2D eigenvalue weighted by Crippen LogP contribution is 2.20. The SMILES string of the molecule is CC(C)c1ccc([C@H](C)OCCN)cc1. The molecule has 0 aliphatic rings. The van der Waals surface area contributed by atoms with Crippen LogP contribution in [-0.2, 0) is 4.74 Å². The zero-order valence-electron chi connectivity index (χ0n) is 9.86. The summed E-state index contributed by atoms with van der Waals surface area (Å²) < 4.78 is 5.55.